The van der Waals surface area contributed by atoms with Crippen molar-refractivity contribution in [1.29, 1.82) is 0 Å². The smallest absolute Gasteiger partial charge is 0.323 e. The summed E-state index contributed by atoms with van der Waals surface area (Å²) in [5, 5.41) is 8.80. The molecule has 4 nitrogen and oxygen atoms in total. The van der Waals surface area contributed by atoms with Crippen molar-refractivity contribution < 1.29 is 14.7 Å². The molecule has 1 amide bonds. The Hall–Kier alpha value is -0.710. The monoisotopic (exact) mass is 245 g/mol. The van der Waals surface area contributed by atoms with Gasteiger partial charge in [0.1, 0.15) is 6.54 Å². The highest BCUT2D eigenvalue weighted by molar-refractivity contribution is 8.00. The van der Waals surface area contributed by atoms with Gasteiger partial charge in [-0.1, -0.05) is 0 Å². The summed E-state index contributed by atoms with van der Waals surface area (Å²) in [6.45, 7) is 5.40. The second kappa shape index (κ2) is 5.08. The molecule has 0 radical (unpaired) electrons. The first-order valence-electron chi connectivity index (χ1n) is 5.47. The molecular formula is C11H19NO3S. The number of nitrogens with zero attached hydrogens (tertiary/aromatic N) is 1. The van der Waals surface area contributed by atoms with Crippen LogP contribution in [0.5, 0.6) is 0 Å². The topological polar surface area (TPSA) is 57.6 Å². The summed E-state index contributed by atoms with van der Waals surface area (Å²) in [6, 6.07) is 0. The number of rotatable bonds is 3. The molecule has 1 aliphatic rings. The Balaban J connectivity index is 2.75. The lowest BCUT2D eigenvalue weighted by atomic mass is 10.0. The summed E-state index contributed by atoms with van der Waals surface area (Å²) in [4.78, 5) is 24.4. The van der Waals surface area contributed by atoms with Crippen LogP contribution < -0.4 is 0 Å². The van der Waals surface area contributed by atoms with Crippen LogP contribution in [0.4, 0.5) is 0 Å². The highest BCUT2D eigenvalue weighted by Crippen LogP contribution is 2.29. The van der Waals surface area contributed by atoms with Crippen LogP contribution in [0, 0.1) is 0 Å². The normalized spacial score (nSPS) is 20.8. The molecule has 1 heterocycles. The third-order valence-electron chi connectivity index (χ3n) is 2.57. The van der Waals surface area contributed by atoms with Crippen LogP contribution in [0.15, 0.2) is 0 Å². The van der Waals surface area contributed by atoms with Gasteiger partial charge in [0.05, 0.1) is 5.25 Å². The molecule has 16 heavy (non-hydrogen) atoms. The van der Waals surface area contributed by atoms with Crippen LogP contribution in [0.1, 0.15) is 33.6 Å². The zero-order valence-corrected chi connectivity index (χ0v) is 10.8. The molecule has 0 saturated carbocycles. The molecule has 0 aromatic heterocycles. The van der Waals surface area contributed by atoms with Crippen molar-refractivity contribution in [3.8, 4) is 0 Å². The van der Waals surface area contributed by atoms with Crippen molar-refractivity contribution in [2.75, 3.05) is 12.3 Å². The lowest BCUT2D eigenvalue weighted by molar-refractivity contribution is -0.148. The van der Waals surface area contributed by atoms with Gasteiger partial charge in [-0.25, -0.2) is 0 Å². The number of thioether (sulfide) groups is 1. The van der Waals surface area contributed by atoms with Gasteiger partial charge in [0.2, 0.25) is 5.91 Å². The van der Waals surface area contributed by atoms with Crippen molar-refractivity contribution in [2.24, 2.45) is 0 Å². The largest absolute Gasteiger partial charge is 0.480 e. The van der Waals surface area contributed by atoms with E-state index < -0.39 is 11.5 Å². The van der Waals surface area contributed by atoms with E-state index in [4.69, 9.17) is 5.11 Å². The van der Waals surface area contributed by atoms with Crippen LogP contribution >= 0.6 is 11.8 Å². The summed E-state index contributed by atoms with van der Waals surface area (Å²) >= 11 is 1.64. The van der Waals surface area contributed by atoms with E-state index in [-0.39, 0.29) is 17.7 Å². The van der Waals surface area contributed by atoms with E-state index in [1.54, 1.807) is 11.8 Å². The predicted octanol–water partition coefficient (Wildman–Crippen LogP) is 1.59. The predicted molar refractivity (Wildman–Crippen MR) is 64.6 cm³/mol. The highest BCUT2D eigenvalue weighted by atomic mass is 32.2. The van der Waals surface area contributed by atoms with Gasteiger partial charge < -0.3 is 10.0 Å². The van der Waals surface area contributed by atoms with Gasteiger partial charge in [-0.05, 0) is 39.4 Å². The van der Waals surface area contributed by atoms with E-state index in [1.807, 2.05) is 20.8 Å². The second-order valence-electron chi connectivity index (χ2n) is 4.99. The van der Waals surface area contributed by atoms with Crippen LogP contribution in [0.25, 0.3) is 0 Å². The van der Waals surface area contributed by atoms with Crippen LogP contribution in [0.3, 0.4) is 0 Å². The Kier molecular flexibility index (Phi) is 4.24. The summed E-state index contributed by atoms with van der Waals surface area (Å²) in [6.07, 6.45) is 1.92. The Morgan fingerprint density at radius 2 is 2.06 bits per heavy atom. The molecule has 0 aromatic rings. The number of amides is 1. The van der Waals surface area contributed by atoms with Gasteiger partial charge in [0.15, 0.2) is 0 Å². The molecule has 1 saturated heterocycles. The molecule has 1 unspecified atom stereocenters. The van der Waals surface area contributed by atoms with Gasteiger partial charge in [-0.15, -0.1) is 11.8 Å². The third kappa shape index (κ3) is 3.40. The van der Waals surface area contributed by atoms with Crippen molar-refractivity contribution in [1.82, 2.24) is 4.90 Å². The summed E-state index contributed by atoms with van der Waals surface area (Å²) in [5.74, 6) is 0.0187. The molecule has 92 valence electrons. The fourth-order valence-corrected chi connectivity index (χ4v) is 2.95. The number of carbonyl (C=O) groups is 2. The highest BCUT2D eigenvalue weighted by Gasteiger charge is 2.34. The first-order valence-corrected chi connectivity index (χ1v) is 6.52. The molecule has 5 heteroatoms. The first-order chi connectivity index (χ1) is 7.32. The molecule has 0 spiro atoms. The van der Waals surface area contributed by atoms with Crippen molar-refractivity contribution in [3.63, 3.8) is 0 Å². The molecule has 1 atom stereocenters. The molecule has 1 fully saturated rings. The summed E-state index contributed by atoms with van der Waals surface area (Å²) in [5.41, 5.74) is -0.432. The lowest BCUT2D eigenvalue weighted by Crippen LogP contribution is -2.51. The van der Waals surface area contributed by atoms with Gasteiger partial charge in [0, 0.05) is 5.54 Å². The number of hydrogen-bond donors (Lipinski definition) is 1. The van der Waals surface area contributed by atoms with Crippen molar-refractivity contribution in [3.05, 3.63) is 0 Å². The van der Waals surface area contributed by atoms with E-state index in [2.05, 4.69) is 0 Å². The molecule has 1 rings (SSSR count). The zero-order valence-electron chi connectivity index (χ0n) is 10.0. The molecule has 0 bridgehead atoms. The average molecular weight is 245 g/mol. The number of aliphatic carboxylic acids is 1. The average Bonchev–Trinajstić information content (AvgIpc) is 2.63. The minimum Gasteiger partial charge on any atom is -0.480 e. The van der Waals surface area contributed by atoms with Crippen LogP contribution in [-0.4, -0.2) is 45.0 Å². The Bertz CT molecular complexity index is 279. The van der Waals surface area contributed by atoms with E-state index in [1.165, 1.54) is 4.90 Å². The van der Waals surface area contributed by atoms with E-state index in [9.17, 15) is 9.59 Å². The Labute approximate surface area is 100 Å². The van der Waals surface area contributed by atoms with Crippen LogP contribution in [0.2, 0.25) is 0 Å². The van der Waals surface area contributed by atoms with E-state index in [0.717, 1.165) is 18.6 Å². The minimum absolute atomic E-state index is 0.0302. The summed E-state index contributed by atoms with van der Waals surface area (Å²) in [7, 11) is 0. The van der Waals surface area contributed by atoms with Gasteiger partial charge >= 0.3 is 5.97 Å². The van der Waals surface area contributed by atoms with Gasteiger partial charge in [0.25, 0.3) is 0 Å². The quantitative estimate of drug-likeness (QED) is 0.820. The van der Waals surface area contributed by atoms with Gasteiger partial charge in [-0.3, -0.25) is 9.59 Å². The second-order valence-corrected chi connectivity index (χ2v) is 6.30. The maximum Gasteiger partial charge on any atom is 0.323 e. The standard InChI is InChI=1S/C11H19NO3S/c1-11(2,3)12(7-9(13)14)10(15)8-5-4-6-16-8/h8H,4-7H2,1-3H3,(H,13,14). The molecule has 0 aromatic carbocycles. The number of carboxylic acid groups (broad SMARTS) is 1. The Morgan fingerprint density at radius 1 is 1.44 bits per heavy atom. The molecule has 0 aliphatic carbocycles. The molecule has 1 N–H and O–H groups in total. The lowest BCUT2D eigenvalue weighted by Gasteiger charge is -2.36. The molecule has 1 aliphatic heterocycles. The fraction of sp³-hybridized carbons (Fsp3) is 0.818. The number of hydrogen-bond acceptors (Lipinski definition) is 3. The third-order valence-corrected chi connectivity index (χ3v) is 3.94. The van der Waals surface area contributed by atoms with E-state index >= 15 is 0 Å². The van der Waals surface area contributed by atoms with Crippen molar-refractivity contribution in [2.45, 2.75) is 44.4 Å². The van der Waals surface area contributed by atoms with Gasteiger partial charge in [-0.2, -0.15) is 0 Å². The number of carboxylic acids is 1. The van der Waals surface area contributed by atoms with E-state index in [0.29, 0.717) is 0 Å². The minimum atomic E-state index is -0.953. The first kappa shape index (κ1) is 13.4. The number of carbonyl (C=O) groups excluding carboxylic acids is 1. The SMILES string of the molecule is CC(C)(C)N(CC(=O)O)C(=O)C1CCCS1. The maximum absolute atomic E-state index is 12.2. The fourth-order valence-electron chi connectivity index (χ4n) is 1.73. The van der Waals surface area contributed by atoms with Crippen molar-refractivity contribution >= 4 is 23.6 Å². The van der Waals surface area contributed by atoms with Crippen LogP contribution in [-0.2, 0) is 9.59 Å². The zero-order chi connectivity index (χ0) is 12.3. The maximum atomic E-state index is 12.2. The summed E-state index contributed by atoms with van der Waals surface area (Å²) < 4.78 is 0. The molecular weight excluding hydrogens is 226 g/mol. The Morgan fingerprint density at radius 3 is 2.44 bits per heavy atom.